The molecule has 1 aromatic heterocycles. The number of nitrogens with zero attached hydrogens (tertiary/aromatic N) is 2. The molecule has 1 unspecified atom stereocenters. The first kappa shape index (κ1) is 23.7. The van der Waals surface area contributed by atoms with E-state index in [0.717, 1.165) is 18.9 Å². The third-order valence-electron chi connectivity index (χ3n) is 6.49. The maximum Gasteiger partial charge on any atom is 0.416 e. The molecule has 33 heavy (non-hydrogen) atoms. The van der Waals surface area contributed by atoms with Crippen molar-refractivity contribution >= 4 is 5.82 Å². The highest BCUT2D eigenvalue weighted by atomic mass is 19.4. The molecule has 1 spiro atoms. The second kappa shape index (κ2) is 9.08. The molecular formula is C23H28F3N3O4. The quantitative estimate of drug-likeness (QED) is 0.576. The van der Waals surface area contributed by atoms with Gasteiger partial charge in [-0.05, 0) is 37.5 Å². The number of phenolic OH excluding ortho intramolecular Hbond substituents is 1. The summed E-state index contributed by atoms with van der Waals surface area (Å²) in [5.74, 6) is -0.307. The minimum atomic E-state index is -4.55. The highest BCUT2D eigenvalue weighted by Crippen LogP contribution is 2.48. The van der Waals surface area contributed by atoms with E-state index in [1.165, 1.54) is 26.2 Å². The van der Waals surface area contributed by atoms with Crippen molar-refractivity contribution in [1.29, 1.82) is 0 Å². The van der Waals surface area contributed by atoms with Gasteiger partial charge in [0.15, 0.2) is 5.82 Å². The zero-order valence-electron chi connectivity index (χ0n) is 18.4. The van der Waals surface area contributed by atoms with E-state index in [9.17, 15) is 18.3 Å². The average molecular weight is 467 g/mol. The van der Waals surface area contributed by atoms with Crippen LogP contribution < -0.4 is 5.73 Å². The molecule has 5 rings (SSSR count). The number of benzene rings is 1. The number of anilines is 1. The molecule has 4 N–H and O–H groups in total. The van der Waals surface area contributed by atoms with Crippen molar-refractivity contribution in [3.8, 4) is 17.0 Å². The minimum absolute atomic E-state index is 0.0359. The van der Waals surface area contributed by atoms with Crippen LogP contribution in [0.5, 0.6) is 5.75 Å². The van der Waals surface area contributed by atoms with Crippen molar-refractivity contribution in [3.05, 3.63) is 34.4 Å². The predicted octanol–water partition coefficient (Wildman–Crippen LogP) is 4.22. The number of aryl methyl sites for hydroxylation is 1. The first-order valence-corrected chi connectivity index (χ1v) is 11.1. The lowest BCUT2D eigenvalue weighted by Gasteiger charge is -2.22. The number of hydrogen-bond donors (Lipinski definition) is 3. The third-order valence-corrected chi connectivity index (χ3v) is 6.49. The van der Waals surface area contributed by atoms with Gasteiger partial charge in [0.25, 0.3) is 0 Å². The van der Waals surface area contributed by atoms with Crippen LogP contribution >= 0.6 is 0 Å². The number of ether oxygens (including phenoxy) is 2. The summed E-state index contributed by atoms with van der Waals surface area (Å²) in [6.45, 7) is 2.50. The van der Waals surface area contributed by atoms with Crippen LogP contribution in [0.4, 0.5) is 19.0 Å². The summed E-state index contributed by atoms with van der Waals surface area (Å²) in [6.07, 6.45) is 1.98. The number of phenols is 1. The summed E-state index contributed by atoms with van der Waals surface area (Å²) in [5, 5.41) is 27.2. The van der Waals surface area contributed by atoms with Gasteiger partial charge in [-0.1, -0.05) is 19.3 Å². The molecule has 2 fully saturated rings. The normalized spacial score (nSPS) is 22.8. The Morgan fingerprint density at radius 1 is 1.15 bits per heavy atom. The summed E-state index contributed by atoms with van der Waals surface area (Å²) in [5.41, 5.74) is 6.37. The van der Waals surface area contributed by atoms with Gasteiger partial charge in [-0.3, -0.25) is 0 Å². The lowest BCUT2D eigenvalue weighted by molar-refractivity contribution is -0.137. The number of halogens is 3. The molecule has 2 aliphatic heterocycles. The van der Waals surface area contributed by atoms with Crippen molar-refractivity contribution in [2.45, 2.75) is 69.9 Å². The van der Waals surface area contributed by atoms with Gasteiger partial charge in [0.1, 0.15) is 17.0 Å². The maximum absolute atomic E-state index is 13.0. The van der Waals surface area contributed by atoms with Crippen molar-refractivity contribution in [2.24, 2.45) is 0 Å². The lowest BCUT2D eigenvalue weighted by Crippen LogP contribution is -2.27. The molecule has 7 nitrogen and oxygen atoms in total. The summed E-state index contributed by atoms with van der Waals surface area (Å²) in [4.78, 5) is 0. The molecule has 3 heterocycles. The summed E-state index contributed by atoms with van der Waals surface area (Å²) in [7, 11) is 0. The van der Waals surface area contributed by atoms with Gasteiger partial charge in [0.2, 0.25) is 0 Å². The van der Waals surface area contributed by atoms with E-state index in [1.54, 1.807) is 0 Å². The van der Waals surface area contributed by atoms with Crippen molar-refractivity contribution in [2.75, 3.05) is 18.9 Å². The molecule has 1 atom stereocenters. The summed E-state index contributed by atoms with van der Waals surface area (Å²) < 4.78 is 50.3. The lowest BCUT2D eigenvalue weighted by atomic mass is 9.89. The molecular weight excluding hydrogens is 439 g/mol. The molecule has 0 radical (unpaired) electrons. The fourth-order valence-electron chi connectivity index (χ4n) is 4.80. The largest absolute Gasteiger partial charge is 0.507 e. The Morgan fingerprint density at radius 3 is 2.42 bits per heavy atom. The summed E-state index contributed by atoms with van der Waals surface area (Å²) >= 11 is 0. The molecule has 0 bridgehead atoms. The third kappa shape index (κ3) is 4.64. The maximum atomic E-state index is 13.0. The van der Waals surface area contributed by atoms with Gasteiger partial charge in [0.05, 0.1) is 24.9 Å². The standard InChI is InChI=1S/C17H16F3N3O3.C6H12O/c1-8-4-9(17(18,19)20)5-11(24)12(8)14-10-6-26-16(2-3-25-7-16)13(10)15(21)23-22-14;7-6-4-2-1-3-5-6/h4-5,24H,2-3,6-7H2,1H3,(H2,21,23);6-7H,1-5H2. The van der Waals surface area contributed by atoms with E-state index in [1.807, 2.05) is 0 Å². The van der Waals surface area contributed by atoms with Crippen LogP contribution in [0.1, 0.15) is 60.8 Å². The monoisotopic (exact) mass is 467 g/mol. The number of nitrogens with two attached hydrogens (primary N) is 1. The SMILES string of the molecule is Cc1cc(C(F)(F)F)cc(O)c1-c1nnc(N)c2c1COC21CCOC1.OC1CCCCC1. The van der Waals surface area contributed by atoms with E-state index in [4.69, 9.17) is 20.3 Å². The van der Waals surface area contributed by atoms with E-state index >= 15 is 0 Å². The number of hydrogen-bond acceptors (Lipinski definition) is 7. The van der Waals surface area contributed by atoms with Crippen LogP contribution in [0.2, 0.25) is 0 Å². The fraction of sp³-hybridized carbons (Fsp3) is 0.565. The zero-order chi connectivity index (χ0) is 23.8. The van der Waals surface area contributed by atoms with Crippen LogP contribution in [0.25, 0.3) is 11.3 Å². The zero-order valence-corrected chi connectivity index (χ0v) is 18.4. The molecule has 1 aliphatic carbocycles. The summed E-state index contributed by atoms with van der Waals surface area (Å²) in [6, 6.07) is 1.67. The van der Waals surface area contributed by atoms with Crippen LogP contribution in [0, 0.1) is 6.92 Å². The topological polar surface area (TPSA) is 111 Å². The number of aliphatic hydroxyl groups is 1. The fourth-order valence-corrected chi connectivity index (χ4v) is 4.80. The Morgan fingerprint density at radius 2 is 1.88 bits per heavy atom. The molecule has 10 heteroatoms. The second-order valence-corrected chi connectivity index (χ2v) is 8.85. The molecule has 0 amide bonds. The Balaban J connectivity index is 0.000000318. The van der Waals surface area contributed by atoms with Gasteiger partial charge in [-0.15, -0.1) is 10.2 Å². The number of alkyl halides is 3. The van der Waals surface area contributed by atoms with E-state index < -0.39 is 23.1 Å². The average Bonchev–Trinajstić information content (AvgIpc) is 3.38. The van der Waals surface area contributed by atoms with Gasteiger partial charge in [0, 0.05) is 29.7 Å². The number of aromatic nitrogens is 2. The van der Waals surface area contributed by atoms with Gasteiger partial charge < -0.3 is 25.4 Å². The number of aliphatic hydroxyl groups excluding tert-OH is 1. The first-order valence-electron chi connectivity index (χ1n) is 11.1. The highest BCUT2D eigenvalue weighted by Gasteiger charge is 2.47. The van der Waals surface area contributed by atoms with E-state index in [0.29, 0.717) is 36.8 Å². The molecule has 1 aromatic carbocycles. The van der Waals surface area contributed by atoms with E-state index in [2.05, 4.69) is 10.2 Å². The molecule has 2 aromatic rings. The predicted molar refractivity (Wildman–Crippen MR) is 114 cm³/mol. The number of aromatic hydroxyl groups is 1. The van der Waals surface area contributed by atoms with Crippen molar-refractivity contribution in [1.82, 2.24) is 10.2 Å². The van der Waals surface area contributed by atoms with E-state index in [-0.39, 0.29) is 35.3 Å². The number of rotatable bonds is 1. The smallest absolute Gasteiger partial charge is 0.416 e. The molecule has 180 valence electrons. The Labute approximate surface area is 189 Å². The first-order chi connectivity index (χ1) is 15.6. The van der Waals surface area contributed by atoms with Crippen LogP contribution in [-0.4, -0.2) is 39.7 Å². The van der Waals surface area contributed by atoms with Crippen molar-refractivity contribution < 1.29 is 32.9 Å². The molecule has 1 saturated carbocycles. The van der Waals surface area contributed by atoms with Gasteiger partial charge in [-0.2, -0.15) is 13.2 Å². The van der Waals surface area contributed by atoms with Crippen LogP contribution in [0.15, 0.2) is 12.1 Å². The second-order valence-electron chi connectivity index (χ2n) is 8.85. The molecule has 1 saturated heterocycles. The Hall–Kier alpha value is -2.43. The van der Waals surface area contributed by atoms with Gasteiger partial charge >= 0.3 is 6.18 Å². The number of nitrogen functional groups attached to an aromatic ring is 1. The Kier molecular flexibility index (Phi) is 6.52. The van der Waals surface area contributed by atoms with Crippen LogP contribution in [0.3, 0.4) is 0 Å². The molecule has 3 aliphatic rings. The minimum Gasteiger partial charge on any atom is -0.507 e. The van der Waals surface area contributed by atoms with Crippen LogP contribution in [-0.2, 0) is 27.9 Å². The number of fused-ring (bicyclic) bond motifs is 2. The highest BCUT2D eigenvalue weighted by molar-refractivity contribution is 5.76. The Bertz CT molecular complexity index is 994. The van der Waals surface area contributed by atoms with Gasteiger partial charge in [-0.25, -0.2) is 0 Å². The van der Waals surface area contributed by atoms with Crippen molar-refractivity contribution in [3.63, 3.8) is 0 Å².